The van der Waals surface area contributed by atoms with Gasteiger partial charge in [-0.25, -0.2) is 4.79 Å². The van der Waals surface area contributed by atoms with E-state index in [2.05, 4.69) is 16.0 Å². The third kappa shape index (κ3) is 5.66. The Bertz CT molecular complexity index is 401. The number of nitrogens with one attached hydrogen (secondary N) is 3. The summed E-state index contributed by atoms with van der Waals surface area (Å²) in [6, 6.07) is -0.126. The molecular formula is C16H29N3O4. The van der Waals surface area contributed by atoms with Crippen LogP contribution in [0.2, 0.25) is 0 Å². The number of amides is 3. The van der Waals surface area contributed by atoms with E-state index >= 15 is 0 Å². The van der Waals surface area contributed by atoms with Gasteiger partial charge in [0.2, 0.25) is 5.91 Å². The first-order valence-electron chi connectivity index (χ1n) is 8.72. The zero-order valence-corrected chi connectivity index (χ0v) is 13.8. The minimum Gasteiger partial charge on any atom is -0.394 e. The third-order valence-corrected chi connectivity index (χ3v) is 4.53. The first-order valence-corrected chi connectivity index (χ1v) is 8.72. The van der Waals surface area contributed by atoms with Crippen LogP contribution in [0.1, 0.15) is 51.9 Å². The lowest BCUT2D eigenvalue weighted by Crippen LogP contribution is -2.54. The smallest absolute Gasteiger partial charge is 0.315 e. The molecule has 0 aromatic carbocycles. The maximum Gasteiger partial charge on any atom is 0.315 e. The van der Waals surface area contributed by atoms with Crippen LogP contribution in [0.5, 0.6) is 0 Å². The van der Waals surface area contributed by atoms with Crippen LogP contribution in [0.4, 0.5) is 4.79 Å². The molecule has 2 aliphatic rings. The Labute approximate surface area is 137 Å². The number of carbonyl (C=O) groups is 2. The van der Waals surface area contributed by atoms with Gasteiger partial charge >= 0.3 is 6.03 Å². The van der Waals surface area contributed by atoms with Crippen molar-refractivity contribution in [2.24, 2.45) is 0 Å². The first kappa shape index (κ1) is 18.0. The van der Waals surface area contributed by atoms with Crippen molar-refractivity contribution in [1.29, 1.82) is 0 Å². The Kier molecular flexibility index (Phi) is 7.11. The highest BCUT2D eigenvalue weighted by atomic mass is 16.5. The van der Waals surface area contributed by atoms with Gasteiger partial charge in [0, 0.05) is 12.6 Å². The van der Waals surface area contributed by atoms with Crippen molar-refractivity contribution in [2.45, 2.75) is 76.2 Å². The fraction of sp³-hybridized carbons (Fsp3) is 0.875. The van der Waals surface area contributed by atoms with Crippen LogP contribution in [0, 0.1) is 0 Å². The van der Waals surface area contributed by atoms with E-state index < -0.39 is 6.10 Å². The lowest BCUT2D eigenvalue weighted by molar-refractivity contribution is -0.131. The van der Waals surface area contributed by atoms with Crippen molar-refractivity contribution in [3.63, 3.8) is 0 Å². The summed E-state index contributed by atoms with van der Waals surface area (Å²) in [6.45, 7) is 2.44. The summed E-state index contributed by atoms with van der Waals surface area (Å²) >= 11 is 0. The highest BCUT2D eigenvalue weighted by molar-refractivity contribution is 5.77. The SMILES string of the molecule is CCCNC(=O)N[C@@H]1CC[C@@H](CC(=O)NC2CCC2)O[C@@H]1CO. The molecule has 132 valence electrons. The molecule has 3 atom stereocenters. The Morgan fingerprint density at radius 1 is 1.17 bits per heavy atom. The lowest BCUT2D eigenvalue weighted by Gasteiger charge is -2.36. The molecule has 2 fully saturated rings. The molecule has 0 unspecified atom stereocenters. The highest BCUT2D eigenvalue weighted by Crippen LogP contribution is 2.23. The maximum absolute atomic E-state index is 12.0. The van der Waals surface area contributed by atoms with Crippen LogP contribution < -0.4 is 16.0 Å². The van der Waals surface area contributed by atoms with Crippen molar-refractivity contribution in [3.05, 3.63) is 0 Å². The first-order chi connectivity index (χ1) is 11.1. The molecule has 1 aliphatic carbocycles. The van der Waals surface area contributed by atoms with Crippen LogP contribution in [0.25, 0.3) is 0 Å². The van der Waals surface area contributed by atoms with E-state index in [9.17, 15) is 14.7 Å². The van der Waals surface area contributed by atoms with Crippen LogP contribution >= 0.6 is 0 Å². The minimum atomic E-state index is -0.461. The molecule has 23 heavy (non-hydrogen) atoms. The molecule has 3 amide bonds. The van der Waals surface area contributed by atoms with Gasteiger partial charge in [0.05, 0.1) is 25.2 Å². The summed E-state index contributed by atoms with van der Waals surface area (Å²) in [4.78, 5) is 23.7. The summed E-state index contributed by atoms with van der Waals surface area (Å²) < 4.78 is 5.80. The number of hydrogen-bond donors (Lipinski definition) is 4. The molecule has 2 rings (SSSR count). The van der Waals surface area contributed by atoms with Gasteiger partial charge in [-0.1, -0.05) is 6.92 Å². The lowest BCUT2D eigenvalue weighted by atomic mass is 9.92. The van der Waals surface area contributed by atoms with E-state index in [0.717, 1.165) is 19.3 Å². The number of urea groups is 1. The molecular weight excluding hydrogens is 298 g/mol. The van der Waals surface area contributed by atoms with E-state index in [1.165, 1.54) is 6.42 Å². The molecule has 0 aromatic rings. The van der Waals surface area contributed by atoms with Crippen LogP contribution in [-0.2, 0) is 9.53 Å². The summed E-state index contributed by atoms with van der Waals surface area (Å²) in [5, 5.41) is 18.1. The molecule has 1 saturated heterocycles. The van der Waals surface area contributed by atoms with Gasteiger partial charge in [0.25, 0.3) is 0 Å². The molecule has 0 bridgehead atoms. The van der Waals surface area contributed by atoms with E-state index in [1.54, 1.807) is 0 Å². The summed E-state index contributed by atoms with van der Waals surface area (Å²) in [5.74, 6) is 0.0171. The molecule has 4 N–H and O–H groups in total. The average Bonchev–Trinajstić information content (AvgIpc) is 2.50. The van der Waals surface area contributed by atoms with E-state index in [4.69, 9.17) is 4.74 Å². The number of hydrogen-bond acceptors (Lipinski definition) is 4. The van der Waals surface area contributed by atoms with E-state index in [-0.39, 0.29) is 30.7 Å². The summed E-state index contributed by atoms with van der Waals surface area (Å²) in [6.07, 6.45) is 5.26. The molecule has 1 heterocycles. The Morgan fingerprint density at radius 2 is 1.96 bits per heavy atom. The number of aliphatic hydroxyl groups is 1. The van der Waals surface area contributed by atoms with Crippen molar-refractivity contribution in [3.8, 4) is 0 Å². The number of carbonyl (C=O) groups excluding carboxylic acids is 2. The predicted molar refractivity (Wildman–Crippen MR) is 86.0 cm³/mol. The number of rotatable bonds is 7. The van der Waals surface area contributed by atoms with Crippen molar-refractivity contribution >= 4 is 11.9 Å². The maximum atomic E-state index is 12.0. The molecule has 0 radical (unpaired) electrons. The fourth-order valence-electron chi connectivity index (χ4n) is 2.95. The van der Waals surface area contributed by atoms with Crippen LogP contribution in [-0.4, -0.2) is 54.5 Å². The second-order valence-electron chi connectivity index (χ2n) is 6.46. The number of ether oxygens (including phenoxy) is 1. The van der Waals surface area contributed by atoms with Gasteiger partial charge in [0.15, 0.2) is 0 Å². The predicted octanol–water partition coefficient (Wildman–Crippen LogP) is 0.663. The van der Waals surface area contributed by atoms with Gasteiger partial charge in [-0.2, -0.15) is 0 Å². The second-order valence-corrected chi connectivity index (χ2v) is 6.46. The second kappa shape index (κ2) is 9.08. The molecule has 1 aliphatic heterocycles. The molecule has 7 nitrogen and oxygen atoms in total. The Balaban J connectivity index is 1.73. The van der Waals surface area contributed by atoms with Gasteiger partial charge in [-0.15, -0.1) is 0 Å². The quantitative estimate of drug-likeness (QED) is 0.552. The third-order valence-electron chi connectivity index (χ3n) is 4.53. The average molecular weight is 327 g/mol. The fourth-order valence-corrected chi connectivity index (χ4v) is 2.95. The molecule has 7 heteroatoms. The number of aliphatic hydroxyl groups excluding tert-OH is 1. The molecule has 1 saturated carbocycles. The zero-order valence-electron chi connectivity index (χ0n) is 13.8. The Morgan fingerprint density at radius 3 is 2.57 bits per heavy atom. The van der Waals surface area contributed by atoms with Gasteiger partial charge in [-0.05, 0) is 38.5 Å². The topological polar surface area (TPSA) is 99.7 Å². The van der Waals surface area contributed by atoms with Crippen molar-refractivity contribution in [2.75, 3.05) is 13.2 Å². The largest absolute Gasteiger partial charge is 0.394 e. The van der Waals surface area contributed by atoms with Crippen LogP contribution in [0.15, 0.2) is 0 Å². The van der Waals surface area contributed by atoms with E-state index in [0.29, 0.717) is 31.8 Å². The highest BCUT2D eigenvalue weighted by Gasteiger charge is 2.33. The van der Waals surface area contributed by atoms with Gasteiger partial charge in [0.1, 0.15) is 6.10 Å². The Hall–Kier alpha value is -1.34. The van der Waals surface area contributed by atoms with Crippen molar-refractivity contribution in [1.82, 2.24) is 16.0 Å². The van der Waals surface area contributed by atoms with Crippen LogP contribution in [0.3, 0.4) is 0 Å². The molecule has 0 spiro atoms. The molecule has 0 aromatic heterocycles. The summed E-state index contributed by atoms with van der Waals surface area (Å²) in [7, 11) is 0. The normalized spacial score (nSPS) is 27.8. The van der Waals surface area contributed by atoms with E-state index in [1.807, 2.05) is 6.92 Å². The monoisotopic (exact) mass is 327 g/mol. The standard InChI is InChI=1S/C16H29N3O4/c1-2-8-17-16(22)19-13-7-6-12(23-14(13)10-20)9-15(21)18-11-4-3-5-11/h11-14,20H,2-10H2,1H3,(H,18,21)(H2,17,19,22)/t12-,13+,14+/m0/s1. The zero-order chi connectivity index (χ0) is 16.7. The van der Waals surface area contributed by atoms with Gasteiger partial charge in [-0.3, -0.25) is 4.79 Å². The van der Waals surface area contributed by atoms with Crippen molar-refractivity contribution < 1.29 is 19.4 Å². The van der Waals surface area contributed by atoms with Gasteiger partial charge < -0.3 is 25.8 Å². The minimum absolute atomic E-state index is 0.0171. The summed E-state index contributed by atoms with van der Waals surface area (Å²) in [5.41, 5.74) is 0.